The van der Waals surface area contributed by atoms with Gasteiger partial charge < -0.3 is 0 Å². The molecule has 0 aromatic rings. The number of halogens is 1. The first-order chi connectivity index (χ1) is 4.11. The topological polar surface area (TPSA) is 60.2 Å². The molecule has 0 amide bonds. The van der Waals surface area contributed by atoms with Gasteiger partial charge in [0.2, 0.25) is 10.0 Å². The number of sulfonamides is 1. The lowest BCUT2D eigenvalue weighted by Crippen LogP contribution is -2.25. The fourth-order valence-electron chi connectivity index (χ4n) is 1.22. The number of rotatable bonds is 1. The molecular weight excluding hydrogens is 174 g/mol. The van der Waals surface area contributed by atoms with E-state index in [2.05, 4.69) is 0 Å². The molecule has 2 N–H and O–H groups in total. The minimum absolute atomic E-state index is 0. The van der Waals surface area contributed by atoms with E-state index in [-0.39, 0.29) is 17.7 Å². The summed E-state index contributed by atoms with van der Waals surface area (Å²) in [7, 11) is -3.20. The van der Waals surface area contributed by atoms with Crippen molar-refractivity contribution in [3.63, 3.8) is 0 Å². The predicted octanol–water partition coefficient (Wildman–Crippen LogP) is 0.639. The van der Waals surface area contributed by atoms with Crippen molar-refractivity contribution < 1.29 is 8.42 Å². The summed E-state index contributed by atoms with van der Waals surface area (Å²) in [5.74, 6) is 0. The summed E-state index contributed by atoms with van der Waals surface area (Å²) in [5.41, 5.74) is 0. The zero-order valence-corrected chi connectivity index (χ0v) is 7.25. The van der Waals surface area contributed by atoms with Gasteiger partial charge in [0.15, 0.2) is 0 Å². The van der Waals surface area contributed by atoms with E-state index in [1.165, 1.54) is 0 Å². The van der Waals surface area contributed by atoms with E-state index < -0.39 is 10.0 Å². The van der Waals surface area contributed by atoms with Gasteiger partial charge in [-0.3, -0.25) is 0 Å². The van der Waals surface area contributed by atoms with Gasteiger partial charge in [-0.05, 0) is 12.8 Å². The van der Waals surface area contributed by atoms with Crippen LogP contribution >= 0.6 is 12.4 Å². The Bertz CT molecular complexity index is 184. The molecule has 1 fully saturated rings. The van der Waals surface area contributed by atoms with E-state index >= 15 is 0 Å². The van der Waals surface area contributed by atoms with E-state index in [4.69, 9.17) is 5.14 Å². The van der Waals surface area contributed by atoms with E-state index in [1.807, 2.05) is 0 Å². The normalized spacial score (nSPS) is 20.5. The molecule has 1 aliphatic rings. The molecule has 0 aromatic heterocycles. The van der Waals surface area contributed by atoms with Gasteiger partial charge in [-0.25, -0.2) is 13.6 Å². The second-order valence-electron chi connectivity index (χ2n) is 2.50. The van der Waals surface area contributed by atoms with Crippen LogP contribution in [0.4, 0.5) is 0 Å². The molecule has 0 spiro atoms. The molecule has 0 saturated heterocycles. The van der Waals surface area contributed by atoms with Crippen molar-refractivity contribution in [3.8, 4) is 0 Å². The van der Waals surface area contributed by atoms with Crippen molar-refractivity contribution in [1.82, 2.24) is 0 Å². The summed E-state index contributed by atoms with van der Waals surface area (Å²) in [5, 5.41) is 4.67. The second-order valence-corrected chi connectivity index (χ2v) is 4.34. The molecule has 0 aliphatic heterocycles. The van der Waals surface area contributed by atoms with Crippen molar-refractivity contribution in [2.75, 3.05) is 0 Å². The Morgan fingerprint density at radius 2 is 1.60 bits per heavy atom. The van der Waals surface area contributed by atoms with Crippen LogP contribution in [-0.2, 0) is 10.0 Å². The number of nitrogens with two attached hydrogens (primary N) is 1. The van der Waals surface area contributed by atoms with Gasteiger partial charge in [-0.1, -0.05) is 12.8 Å². The van der Waals surface area contributed by atoms with Crippen molar-refractivity contribution in [1.29, 1.82) is 0 Å². The van der Waals surface area contributed by atoms with Crippen molar-refractivity contribution >= 4 is 22.4 Å². The second kappa shape index (κ2) is 3.55. The van der Waals surface area contributed by atoms with Crippen LogP contribution in [0, 0.1) is 0 Å². The minimum Gasteiger partial charge on any atom is -0.228 e. The van der Waals surface area contributed by atoms with Gasteiger partial charge >= 0.3 is 0 Å². The summed E-state index contributed by atoms with van der Waals surface area (Å²) < 4.78 is 21.2. The molecule has 1 aliphatic carbocycles. The van der Waals surface area contributed by atoms with Crippen LogP contribution in [-0.4, -0.2) is 13.7 Å². The first-order valence-corrected chi connectivity index (χ1v) is 4.73. The standard InChI is InChI=1S/C5H11NO2S.ClH/c6-9(7,8)5-3-1-2-4-5;/h5H,1-4H2,(H2,6,7,8);1H. The van der Waals surface area contributed by atoms with Gasteiger partial charge in [-0.15, -0.1) is 12.4 Å². The molecule has 0 unspecified atom stereocenters. The van der Waals surface area contributed by atoms with E-state index in [0.717, 1.165) is 25.7 Å². The minimum atomic E-state index is -3.20. The maximum absolute atomic E-state index is 10.6. The van der Waals surface area contributed by atoms with E-state index in [9.17, 15) is 8.42 Å². The highest BCUT2D eigenvalue weighted by Crippen LogP contribution is 2.22. The lowest BCUT2D eigenvalue weighted by molar-refractivity contribution is 0.581. The van der Waals surface area contributed by atoms with Gasteiger partial charge in [0, 0.05) is 0 Å². The largest absolute Gasteiger partial charge is 0.228 e. The summed E-state index contributed by atoms with van der Waals surface area (Å²) in [6.07, 6.45) is 3.56. The summed E-state index contributed by atoms with van der Waals surface area (Å²) in [6.45, 7) is 0. The highest BCUT2D eigenvalue weighted by molar-refractivity contribution is 7.89. The van der Waals surface area contributed by atoms with Gasteiger partial charge in [0.1, 0.15) is 0 Å². The zero-order chi connectivity index (χ0) is 6.91. The van der Waals surface area contributed by atoms with Crippen molar-refractivity contribution in [3.05, 3.63) is 0 Å². The Morgan fingerprint density at radius 3 is 1.80 bits per heavy atom. The van der Waals surface area contributed by atoms with Crippen LogP contribution in [0.3, 0.4) is 0 Å². The lowest BCUT2D eigenvalue weighted by Gasteiger charge is -2.02. The quantitative estimate of drug-likeness (QED) is 0.652. The third kappa shape index (κ3) is 2.44. The molecule has 0 heterocycles. The molecule has 0 aromatic carbocycles. The van der Waals surface area contributed by atoms with Crippen molar-refractivity contribution in [2.24, 2.45) is 5.14 Å². The van der Waals surface area contributed by atoms with E-state index in [1.54, 1.807) is 0 Å². The fraction of sp³-hybridized carbons (Fsp3) is 1.00. The van der Waals surface area contributed by atoms with Gasteiger partial charge in [0.25, 0.3) is 0 Å². The Hall–Kier alpha value is 0.200. The average Bonchev–Trinajstić information content (AvgIpc) is 2.08. The molecule has 0 atom stereocenters. The molecule has 3 nitrogen and oxygen atoms in total. The maximum atomic E-state index is 10.6. The highest BCUT2D eigenvalue weighted by atomic mass is 35.5. The Morgan fingerprint density at radius 1 is 1.20 bits per heavy atom. The van der Waals surface area contributed by atoms with Crippen LogP contribution < -0.4 is 5.14 Å². The Balaban J connectivity index is 0.000000810. The fourth-order valence-corrected chi connectivity index (χ4v) is 2.21. The number of hydrogen-bond donors (Lipinski definition) is 1. The van der Waals surface area contributed by atoms with Crippen LogP contribution in [0.2, 0.25) is 0 Å². The third-order valence-electron chi connectivity index (χ3n) is 1.77. The molecule has 0 radical (unpaired) electrons. The molecule has 62 valence electrons. The van der Waals surface area contributed by atoms with Gasteiger partial charge in [-0.2, -0.15) is 0 Å². The molecule has 1 rings (SSSR count). The van der Waals surface area contributed by atoms with Crippen LogP contribution in [0.25, 0.3) is 0 Å². The Kier molecular flexibility index (Phi) is 3.62. The summed E-state index contributed by atoms with van der Waals surface area (Å²) >= 11 is 0. The number of hydrogen-bond acceptors (Lipinski definition) is 2. The van der Waals surface area contributed by atoms with Crippen LogP contribution in [0.1, 0.15) is 25.7 Å². The Labute approximate surface area is 67.4 Å². The van der Waals surface area contributed by atoms with Crippen LogP contribution in [0.5, 0.6) is 0 Å². The summed E-state index contributed by atoms with van der Waals surface area (Å²) in [4.78, 5) is 0. The summed E-state index contributed by atoms with van der Waals surface area (Å²) in [6, 6.07) is 0. The monoisotopic (exact) mass is 185 g/mol. The van der Waals surface area contributed by atoms with Crippen molar-refractivity contribution in [2.45, 2.75) is 30.9 Å². The smallest absolute Gasteiger partial charge is 0.211 e. The first kappa shape index (κ1) is 10.2. The first-order valence-electron chi connectivity index (χ1n) is 3.12. The maximum Gasteiger partial charge on any atom is 0.211 e. The molecule has 0 bridgehead atoms. The third-order valence-corrected chi connectivity index (χ3v) is 3.17. The predicted molar refractivity (Wildman–Crippen MR) is 42.6 cm³/mol. The molecule has 10 heavy (non-hydrogen) atoms. The number of primary sulfonamides is 1. The van der Waals surface area contributed by atoms with Crippen LogP contribution in [0.15, 0.2) is 0 Å². The molecule has 5 heteroatoms. The zero-order valence-electron chi connectivity index (χ0n) is 5.62. The molecular formula is C5H12ClNO2S. The highest BCUT2D eigenvalue weighted by Gasteiger charge is 2.24. The SMILES string of the molecule is Cl.NS(=O)(=O)C1CCCC1. The van der Waals surface area contributed by atoms with Gasteiger partial charge in [0.05, 0.1) is 5.25 Å². The van der Waals surface area contributed by atoms with E-state index in [0.29, 0.717) is 0 Å². The molecule has 1 saturated carbocycles. The lowest BCUT2D eigenvalue weighted by atomic mass is 10.4. The average molecular weight is 186 g/mol.